The minimum atomic E-state index is -0.510. The largest absolute Gasteiger partial charge is 0.387 e. The number of nitrogens with zero attached hydrogens (tertiary/aromatic N) is 3. The third-order valence-electron chi connectivity index (χ3n) is 3.65. The van der Waals surface area contributed by atoms with E-state index >= 15 is 0 Å². The van der Waals surface area contributed by atoms with Crippen LogP contribution in [0.25, 0.3) is 0 Å². The third kappa shape index (κ3) is 4.12. The Balaban J connectivity index is 1.85. The first-order chi connectivity index (χ1) is 10.1. The summed E-state index contributed by atoms with van der Waals surface area (Å²) in [5.74, 6) is 1.40. The molecule has 0 aliphatic heterocycles. The van der Waals surface area contributed by atoms with Gasteiger partial charge in [-0.1, -0.05) is 38.1 Å². The van der Waals surface area contributed by atoms with Gasteiger partial charge in [0.15, 0.2) is 0 Å². The van der Waals surface area contributed by atoms with Gasteiger partial charge < -0.3 is 15.0 Å². The van der Waals surface area contributed by atoms with E-state index < -0.39 is 6.10 Å². The van der Waals surface area contributed by atoms with Crippen molar-refractivity contribution in [2.24, 2.45) is 0 Å². The zero-order valence-electron chi connectivity index (χ0n) is 13.0. The molecule has 0 saturated carbocycles. The Labute approximate surface area is 126 Å². The van der Waals surface area contributed by atoms with Crippen LogP contribution in [0.1, 0.15) is 49.7 Å². The minimum Gasteiger partial charge on any atom is -0.387 e. The zero-order chi connectivity index (χ0) is 15.2. The van der Waals surface area contributed by atoms with Crippen LogP contribution in [-0.4, -0.2) is 26.4 Å². The molecule has 0 fully saturated rings. The van der Waals surface area contributed by atoms with Gasteiger partial charge in [0.2, 0.25) is 0 Å². The van der Waals surface area contributed by atoms with Crippen molar-refractivity contribution in [3.63, 3.8) is 0 Å². The van der Waals surface area contributed by atoms with Crippen LogP contribution in [0.4, 0.5) is 0 Å². The Morgan fingerprint density at radius 2 is 1.86 bits per heavy atom. The van der Waals surface area contributed by atoms with E-state index in [9.17, 15) is 5.11 Å². The quantitative estimate of drug-likeness (QED) is 0.820. The number of nitrogens with one attached hydrogen (secondary N) is 1. The van der Waals surface area contributed by atoms with E-state index in [2.05, 4.69) is 48.4 Å². The topological polar surface area (TPSA) is 63.0 Å². The van der Waals surface area contributed by atoms with Crippen LogP contribution in [0.3, 0.4) is 0 Å². The number of hydrogen-bond acceptors (Lipinski definition) is 4. The molecule has 0 radical (unpaired) electrons. The maximum absolute atomic E-state index is 10.2. The van der Waals surface area contributed by atoms with Crippen LogP contribution in [0.5, 0.6) is 0 Å². The second-order valence-corrected chi connectivity index (χ2v) is 5.50. The van der Waals surface area contributed by atoms with Crippen LogP contribution >= 0.6 is 0 Å². The van der Waals surface area contributed by atoms with E-state index in [-0.39, 0.29) is 0 Å². The van der Waals surface area contributed by atoms with Crippen LogP contribution in [0.2, 0.25) is 0 Å². The highest BCUT2D eigenvalue weighted by Gasteiger charge is 2.09. The summed E-state index contributed by atoms with van der Waals surface area (Å²) < 4.78 is 1.98. The van der Waals surface area contributed by atoms with Crippen molar-refractivity contribution in [2.45, 2.75) is 45.9 Å². The lowest BCUT2D eigenvalue weighted by atomic mass is 10.00. The van der Waals surface area contributed by atoms with Gasteiger partial charge in [0.1, 0.15) is 12.2 Å². The lowest BCUT2D eigenvalue weighted by Gasteiger charge is -2.13. The predicted molar refractivity (Wildman–Crippen MR) is 82.9 cm³/mol. The summed E-state index contributed by atoms with van der Waals surface area (Å²) in [7, 11) is 0. The molecule has 0 spiro atoms. The number of benzene rings is 1. The summed E-state index contributed by atoms with van der Waals surface area (Å²) in [6.45, 7) is 8.33. The van der Waals surface area contributed by atoms with Crippen molar-refractivity contribution >= 4 is 0 Å². The van der Waals surface area contributed by atoms with Gasteiger partial charge in [0, 0.05) is 13.1 Å². The molecular weight excluding hydrogens is 264 g/mol. The molecule has 1 heterocycles. The molecule has 1 atom stereocenters. The molecule has 0 bridgehead atoms. The van der Waals surface area contributed by atoms with Crippen molar-refractivity contribution in [1.82, 2.24) is 20.1 Å². The molecule has 1 unspecified atom stereocenters. The Kier molecular flexibility index (Phi) is 5.47. The Morgan fingerprint density at radius 3 is 2.48 bits per heavy atom. The van der Waals surface area contributed by atoms with Gasteiger partial charge in [-0.25, -0.2) is 0 Å². The summed E-state index contributed by atoms with van der Waals surface area (Å²) in [5.41, 5.74) is 2.22. The van der Waals surface area contributed by atoms with Gasteiger partial charge in [-0.05, 0) is 24.0 Å². The molecular formula is C16H24N4O. The normalized spacial score (nSPS) is 12.8. The van der Waals surface area contributed by atoms with Crippen LogP contribution in [0, 0.1) is 0 Å². The number of rotatable bonds is 7. The second-order valence-electron chi connectivity index (χ2n) is 5.50. The molecule has 5 nitrogen and oxygen atoms in total. The van der Waals surface area contributed by atoms with Crippen LogP contribution < -0.4 is 5.32 Å². The molecule has 21 heavy (non-hydrogen) atoms. The Hall–Kier alpha value is -1.72. The highest BCUT2D eigenvalue weighted by atomic mass is 16.3. The van der Waals surface area contributed by atoms with Crippen molar-refractivity contribution in [3.05, 3.63) is 47.5 Å². The average Bonchev–Trinajstić information content (AvgIpc) is 2.94. The molecule has 1 aromatic carbocycles. The number of aryl methyl sites for hydroxylation is 1. The van der Waals surface area contributed by atoms with Crippen molar-refractivity contribution in [1.29, 1.82) is 0 Å². The Morgan fingerprint density at radius 1 is 1.19 bits per heavy atom. The SMILES string of the molecule is CCn1cnnc1CNCC(O)c1ccc(C(C)C)cc1. The molecule has 0 aliphatic carbocycles. The molecule has 114 valence electrons. The van der Waals surface area contributed by atoms with E-state index in [1.807, 2.05) is 16.7 Å². The average molecular weight is 288 g/mol. The van der Waals surface area contributed by atoms with Gasteiger partial charge in [-0.3, -0.25) is 0 Å². The molecule has 2 aromatic rings. The van der Waals surface area contributed by atoms with Gasteiger partial charge >= 0.3 is 0 Å². The number of aliphatic hydroxyl groups excluding tert-OH is 1. The fourth-order valence-corrected chi connectivity index (χ4v) is 2.22. The van der Waals surface area contributed by atoms with Crippen molar-refractivity contribution < 1.29 is 5.11 Å². The third-order valence-corrected chi connectivity index (χ3v) is 3.65. The Bertz CT molecular complexity index is 548. The highest BCUT2D eigenvalue weighted by Crippen LogP contribution is 2.18. The molecule has 2 N–H and O–H groups in total. The first-order valence-corrected chi connectivity index (χ1v) is 7.47. The maximum Gasteiger partial charge on any atom is 0.146 e. The monoisotopic (exact) mass is 288 g/mol. The van der Waals surface area contributed by atoms with Crippen LogP contribution in [-0.2, 0) is 13.1 Å². The first kappa shape index (κ1) is 15.7. The van der Waals surface area contributed by atoms with Gasteiger partial charge in [0.25, 0.3) is 0 Å². The maximum atomic E-state index is 10.2. The second kappa shape index (κ2) is 7.33. The van der Waals surface area contributed by atoms with Gasteiger partial charge in [-0.15, -0.1) is 10.2 Å². The summed E-state index contributed by atoms with van der Waals surface area (Å²) in [6, 6.07) is 8.15. The molecule has 1 aromatic heterocycles. The summed E-state index contributed by atoms with van der Waals surface area (Å²) in [4.78, 5) is 0. The van der Waals surface area contributed by atoms with Crippen LogP contribution in [0.15, 0.2) is 30.6 Å². The standard InChI is InChI=1S/C16H24N4O/c1-4-20-11-18-19-16(20)10-17-9-15(21)14-7-5-13(6-8-14)12(2)3/h5-8,11-12,15,17,21H,4,9-10H2,1-3H3. The van der Waals surface area contributed by atoms with E-state index in [4.69, 9.17) is 0 Å². The van der Waals surface area contributed by atoms with Gasteiger partial charge in [-0.2, -0.15) is 0 Å². The molecule has 2 rings (SSSR count). The van der Waals surface area contributed by atoms with E-state index in [1.54, 1.807) is 6.33 Å². The highest BCUT2D eigenvalue weighted by molar-refractivity contribution is 5.26. The number of aliphatic hydroxyl groups is 1. The molecule has 5 heteroatoms. The van der Waals surface area contributed by atoms with Crippen molar-refractivity contribution in [2.75, 3.05) is 6.54 Å². The summed E-state index contributed by atoms with van der Waals surface area (Å²) in [6.07, 6.45) is 1.21. The smallest absolute Gasteiger partial charge is 0.146 e. The first-order valence-electron chi connectivity index (χ1n) is 7.47. The molecule has 0 amide bonds. The van der Waals surface area contributed by atoms with Gasteiger partial charge in [0.05, 0.1) is 12.6 Å². The number of hydrogen-bond donors (Lipinski definition) is 2. The lowest BCUT2D eigenvalue weighted by Crippen LogP contribution is -2.23. The summed E-state index contributed by atoms with van der Waals surface area (Å²) in [5, 5.41) is 21.4. The molecule has 0 saturated heterocycles. The van der Waals surface area contributed by atoms with E-state index in [1.165, 1.54) is 5.56 Å². The predicted octanol–water partition coefficient (Wildman–Crippen LogP) is 2.24. The van der Waals surface area contributed by atoms with E-state index in [0.29, 0.717) is 19.0 Å². The number of aromatic nitrogens is 3. The fourth-order valence-electron chi connectivity index (χ4n) is 2.22. The molecule has 0 aliphatic rings. The minimum absolute atomic E-state index is 0.498. The summed E-state index contributed by atoms with van der Waals surface area (Å²) >= 11 is 0. The fraction of sp³-hybridized carbons (Fsp3) is 0.500. The van der Waals surface area contributed by atoms with Crippen molar-refractivity contribution in [3.8, 4) is 0 Å². The van der Waals surface area contributed by atoms with E-state index in [0.717, 1.165) is 17.9 Å². The zero-order valence-corrected chi connectivity index (χ0v) is 13.0. The lowest BCUT2D eigenvalue weighted by molar-refractivity contribution is 0.174.